The Morgan fingerprint density at radius 1 is 0.976 bits per heavy atom. The zero-order chi connectivity index (χ0) is 29.4. The van der Waals surface area contributed by atoms with E-state index in [0.29, 0.717) is 53.5 Å². The van der Waals surface area contributed by atoms with E-state index in [4.69, 9.17) is 18.6 Å². The lowest BCUT2D eigenvalue weighted by Gasteiger charge is -2.29. The number of hydrogen-bond donors (Lipinski definition) is 1. The lowest BCUT2D eigenvalue weighted by atomic mass is 9.91. The van der Waals surface area contributed by atoms with Crippen molar-refractivity contribution < 1.29 is 28.5 Å². The summed E-state index contributed by atoms with van der Waals surface area (Å²) in [6, 6.07) is 10.5. The van der Waals surface area contributed by atoms with Crippen LogP contribution in [0.25, 0.3) is 11.0 Å². The van der Waals surface area contributed by atoms with Crippen molar-refractivity contribution in [3.8, 4) is 17.2 Å². The van der Waals surface area contributed by atoms with Gasteiger partial charge >= 0.3 is 11.7 Å². The summed E-state index contributed by atoms with van der Waals surface area (Å²) in [6.45, 7) is 1.63. The normalized spacial score (nSPS) is 14.1. The van der Waals surface area contributed by atoms with Gasteiger partial charge in [0.1, 0.15) is 5.76 Å². The number of fused-ring (bicyclic) bond motifs is 2. The average molecular weight is 564 g/mol. The van der Waals surface area contributed by atoms with Gasteiger partial charge in [0.05, 0.1) is 51.2 Å². The van der Waals surface area contributed by atoms with Crippen LogP contribution in [0.1, 0.15) is 40.5 Å². The molecule has 3 heterocycles. The predicted molar refractivity (Wildman–Crippen MR) is 151 cm³/mol. The van der Waals surface area contributed by atoms with E-state index < -0.39 is 23.1 Å². The Hall–Kier alpha value is -4.51. The molecule has 4 aromatic rings. The first kappa shape index (κ1) is 28.0. The van der Waals surface area contributed by atoms with Gasteiger partial charge in [-0.15, -0.1) is 0 Å². The van der Waals surface area contributed by atoms with Crippen molar-refractivity contribution in [3.05, 3.63) is 85.3 Å². The van der Waals surface area contributed by atoms with Crippen molar-refractivity contribution in [2.45, 2.75) is 31.8 Å². The summed E-state index contributed by atoms with van der Waals surface area (Å²) in [4.78, 5) is 40.0. The summed E-state index contributed by atoms with van der Waals surface area (Å²) in [7, 11) is 7.81. The molecule has 0 bridgehead atoms. The summed E-state index contributed by atoms with van der Waals surface area (Å²) in [5.74, 6) is -0.276. The van der Waals surface area contributed by atoms with Crippen LogP contribution in [0.15, 0.2) is 50.4 Å². The van der Waals surface area contributed by atoms with Crippen molar-refractivity contribution >= 4 is 17.0 Å². The summed E-state index contributed by atoms with van der Waals surface area (Å²) in [6.07, 6.45) is 0.590. The van der Waals surface area contributed by atoms with Crippen LogP contribution in [0.3, 0.4) is 0 Å². The van der Waals surface area contributed by atoms with E-state index in [2.05, 4.69) is 4.90 Å². The second-order valence-corrected chi connectivity index (χ2v) is 10.2. The van der Waals surface area contributed by atoms with E-state index in [0.717, 1.165) is 17.5 Å². The number of rotatable bonds is 8. The third kappa shape index (κ3) is 5.20. The van der Waals surface area contributed by atoms with Gasteiger partial charge < -0.3 is 23.7 Å². The fourth-order valence-electron chi connectivity index (χ4n) is 5.52. The number of hydrogen-bond acceptors (Lipinski definition) is 9. The predicted octanol–water partition coefficient (Wildman–Crippen LogP) is 2.81. The van der Waals surface area contributed by atoms with E-state index in [1.165, 1.54) is 22.3 Å². The first-order valence-corrected chi connectivity index (χ1v) is 13.2. The molecule has 11 nitrogen and oxygen atoms in total. The molecule has 1 N–H and O–H groups in total. The number of carbonyl (C=O) groups is 1. The maximum Gasteiger partial charge on any atom is 0.328 e. The molecular formula is C30H33N3O8. The quantitative estimate of drug-likeness (QED) is 0.322. The number of ether oxygens (including phenoxy) is 3. The highest BCUT2D eigenvalue weighted by Crippen LogP contribution is 2.36. The highest BCUT2D eigenvalue weighted by molar-refractivity contribution is 5.78. The van der Waals surface area contributed by atoms with Crippen molar-refractivity contribution in [2.75, 3.05) is 27.9 Å². The number of methoxy groups -OCH3 is 3. The molecule has 0 amide bonds. The van der Waals surface area contributed by atoms with E-state index in [1.54, 1.807) is 46.5 Å². The molecule has 0 spiro atoms. The number of carbonyl (C=O) groups excluding carboxylic acids is 1. The zero-order valence-corrected chi connectivity index (χ0v) is 23.7. The second-order valence-electron chi connectivity index (χ2n) is 10.2. The largest absolute Gasteiger partial charge is 0.502 e. The molecule has 216 valence electrons. The first-order valence-electron chi connectivity index (χ1n) is 13.2. The van der Waals surface area contributed by atoms with Crippen LogP contribution >= 0.6 is 0 Å². The number of imidazole rings is 1. The third-order valence-corrected chi connectivity index (χ3v) is 7.79. The molecule has 11 heteroatoms. The van der Waals surface area contributed by atoms with Crippen LogP contribution in [0.2, 0.25) is 0 Å². The molecule has 0 unspecified atom stereocenters. The fraction of sp³-hybridized carbons (Fsp3) is 0.367. The summed E-state index contributed by atoms with van der Waals surface area (Å²) < 4.78 is 25.0. The number of nitrogens with zero attached hydrogens (tertiary/aromatic N) is 3. The van der Waals surface area contributed by atoms with Crippen molar-refractivity contribution in [1.82, 2.24) is 14.0 Å². The van der Waals surface area contributed by atoms with E-state index in [1.807, 2.05) is 12.1 Å². The Balaban J connectivity index is 1.51. The molecule has 1 atom stereocenters. The van der Waals surface area contributed by atoms with Crippen LogP contribution in [-0.2, 0) is 43.1 Å². The minimum absolute atomic E-state index is 0.0259. The maximum absolute atomic E-state index is 12.9. The topological polar surface area (TPSA) is 125 Å². The van der Waals surface area contributed by atoms with Crippen LogP contribution in [0.4, 0.5) is 0 Å². The minimum Gasteiger partial charge on any atom is -0.502 e. The molecule has 0 aliphatic carbocycles. The number of aromatic hydroxyl groups is 1. The lowest BCUT2D eigenvalue weighted by molar-refractivity contribution is -0.140. The third-order valence-electron chi connectivity index (χ3n) is 7.79. The van der Waals surface area contributed by atoms with Gasteiger partial charge in [0.25, 0.3) is 0 Å². The van der Waals surface area contributed by atoms with Gasteiger partial charge in [-0.2, -0.15) is 0 Å². The highest BCUT2D eigenvalue weighted by Gasteiger charge is 2.28. The molecule has 1 aliphatic rings. The number of benzene rings is 2. The monoisotopic (exact) mass is 563 g/mol. The molecule has 2 aromatic carbocycles. The molecule has 1 aliphatic heterocycles. The van der Waals surface area contributed by atoms with Crippen LogP contribution in [-0.4, -0.2) is 53.0 Å². The summed E-state index contributed by atoms with van der Waals surface area (Å²) >= 11 is 0. The Labute approximate surface area is 236 Å². The second kappa shape index (κ2) is 11.2. The minimum atomic E-state index is -0.825. The number of esters is 1. The average Bonchev–Trinajstić information content (AvgIpc) is 3.19. The van der Waals surface area contributed by atoms with Crippen molar-refractivity contribution in [2.24, 2.45) is 14.1 Å². The van der Waals surface area contributed by atoms with E-state index in [-0.39, 0.29) is 17.9 Å². The van der Waals surface area contributed by atoms with Crippen molar-refractivity contribution in [1.29, 1.82) is 0 Å². The molecular weight excluding hydrogens is 530 g/mol. The molecule has 0 saturated heterocycles. The Bertz CT molecular complexity index is 1750. The molecule has 0 radical (unpaired) electrons. The Kier molecular flexibility index (Phi) is 7.63. The Morgan fingerprint density at radius 3 is 2.34 bits per heavy atom. The summed E-state index contributed by atoms with van der Waals surface area (Å²) in [5.41, 5.74) is 3.38. The van der Waals surface area contributed by atoms with Gasteiger partial charge in [-0.05, 0) is 47.4 Å². The van der Waals surface area contributed by atoms with Crippen LogP contribution in [0, 0.1) is 0 Å². The van der Waals surface area contributed by atoms with Gasteiger partial charge in [0.15, 0.2) is 17.3 Å². The van der Waals surface area contributed by atoms with Gasteiger partial charge in [0.2, 0.25) is 11.2 Å². The molecule has 0 fully saturated rings. The number of aryl methyl sites for hydroxylation is 2. The standard InChI is InChI=1S/C30H33N3O8/c1-31-22-7-6-18(10-23(22)32(2)30(31)37)21(14-27(35)40-5)29-28(36)24(34)13-20(41-29)16-33-9-8-17-11-25(38-3)26(39-4)12-19(17)15-33/h6-7,10-13,21,36H,8-9,14-16H2,1-5H3/t21-/m1/s1. The van der Waals surface area contributed by atoms with Crippen LogP contribution < -0.4 is 20.6 Å². The van der Waals surface area contributed by atoms with E-state index >= 15 is 0 Å². The molecule has 5 rings (SSSR count). The molecule has 41 heavy (non-hydrogen) atoms. The number of aromatic nitrogens is 2. The Morgan fingerprint density at radius 2 is 1.66 bits per heavy atom. The zero-order valence-electron chi connectivity index (χ0n) is 23.7. The smallest absolute Gasteiger partial charge is 0.328 e. The van der Waals surface area contributed by atoms with Gasteiger partial charge in [-0.3, -0.25) is 23.6 Å². The molecule has 0 saturated carbocycles. The summed E-state index contributed by atoms with van der Waals surface area (Å²) in [5, 5.41) is 10.8. The SMILES string of the molecule is COC(=O)C[C@H](c1ccc2c(c1)n(C)c(=O)n2C)c1oc(CN2CCc3cc(OC)c(OC)cc3C2)cc(=O)c1O. The van der Waals surface area contributed by atoms with Crippen LogP contribution in [0.5, 0.6) is 17.2 Å². The lowest BCUT2D eigenvalue weighted by Crippen LogP contribution is -2.30. The fourth-order valence-corrected chi connectivity index (χ4v) is 5.52. The highest BCUT2D eigenvalue weighted by atomic mass is 16.5. The van der Waals surface area contributed by atoms with Gasteiger partial charge in [-0.25, -0.2) is 4.79 Å². The van der Waals surface area contributed by atoms with E-state index in [9.17, 15) is 19.5 Å². The maximum atomic E-state index is 12.9. The van der Waals surface area contributed by atoms with Gasteiger partial charge in [0, 0.05) is 33.3 Å². The van der Waals surface area contributed by atoms with Crippen molar-refractivity contribution in [3.63, 3.8) is 0 Å². The first-order chi connectivity index (χ1) is 19.6. The molecule has 2 aromatic heterocycles. The van der Waals surface area contributed by atoms with Gasteiger partial charge in [-0.1, -0.05) is 6.07 Å².